The van der Waals surface area contributed by atoms with E-state index in [0.29, 0.717) is 39.5 Å². The monoisotopic (exact) mass is 412 g/mol. The van der Waals surface area contributed by atoms with Crippen molar-refractivity contribution in [2.75, 3.05) is 39.5 Å². The van der Waals surface area contributed by atoms with Gasteiger partial charge in [0.1, 0.15) is 0 Å². The first-order valence-electron chi connectivity index (χ1n) is 9.32. The maximum Gasteiger partial charge on any atom is 0.405 e. The van der Waals surface area contributed by atoms with Crippen molar-refractivity contribution in [3.8, 4) is 0 Å². The van der Waals surface area contributed by atoms with Gasteiger partial charge in [-0.15, -0.1) is 0 Å². The molecule has 2 heterocycles. The molecule has 10 heteroatoms. The van der Waals surface area contributed by atoms with Crippen LogP contribution in [0.4, 0.5) is 0 Å². The normalized spacial score (nSPS) is 26.5. The molecule has 0 amide bonds. The maximum absolute atomic E-state index is 12.3. The van der Waals surface area contributed by atoms with Gasteiger partial charge in [0.15, 0.2) is 0 Å². The van der Waals surface area contributed by atoms with E-state index in [1.807, 2.05) is 27.7 Å². The van der Waals surface area contributed by atoms with Gasteiger partial charge in [-0.1, -0.05) is 40.5 Å². The van der Waals surface area contributed by atoms with E-state index < -0.39 is 15.5 Å². The molecule has 2 aliphatic heterocycles. The highest BCUT2D eigenvalue weighted by Gasteiger charge is 2.37. The van der Waals surface area contributed by atoms with Crippen LogP contribution in [0.15, 0.2) is 0 Å². The van der Waals surface area contributed by atoms with Crippen molar-refractivity contribution >= 4 is 15.5 Å². The molecule has 0 radical (unpaired) electrons. The van der Waals surface area contributed by atoms with Gasteiger partial charge in [-0.3, -0.25) is 18.1 Å². The molecule has 2 fully saturated rings. The first kappa shape index (κ1) is 22.5. The van der Waals surface area contributed by atoms with Crippen LogP contribution in [0.3, 0.4) is 0 Å². The van der Waals surface area contributed by atoms with Crippen LogP contribution in [0, 0.1) is 10.8 Å². The van der Waals surface area contributed by atoms with Gasteiger partial charge in [-0.25, -0.2) is 19.3 Å². The van der Waals surface area contributed by atoms with E-state index >= 15 is 0 Å². The molecule has 0 spiro atoms. The van der Waals surface area contributed by atoms with E-state index in [0.717, 1.165) is 25.7 Å². The Balaban J connectivity index is 1.49. The Labute approximate surface area is 157 Å². The van der Waals surface area contributed by atoms with Crippen LogP contribution in [0.2, 0.25) is 0 Å². The molecule has 2 rings (SSSR count). The van der Waals surface area contributed by atoms with Crippen molar-refractivity contribution in [3.63, 3.8) is 0 Å². The Morgan fingerprint density at radius 2 is 0.962 bits per heavy atom. The highest BCUT2D eigenvalue weighted by molar-refractivity contribution is 7.51. The zero-order valence-corrected chi connectivity index (χ0v) is 18.2. The molecule has 0 bridgehead atoms. The lowest BCUT2D eigenvalue weighted by atomic mass is 9.97. The van der Waals surface area contributed by atoms with Gasteiger partial charge in [0, 0.05) is 23.9 Å². The predicted octanol–water partition coefficient (Wildman–Crippen LogP) is 4.09. The highest BCUT2D eigenvalue weighted by Crippen LogP contribution is 2.50. The smallest absolute Gasteiger partial charge is 0.296 e. The lowest BCUT2D eigenvalue weighted by Gasteiger charge is -2.34. The summed E-state index contributed by atoms with van der Waals surface area (Å²) < 4.78 is 46.1. The second-order valence-corrected chi connectivity index (χ2v) is 12.3. The van der Waals surface area contributed by atoms with Crippen molar-refractivity contribution in [2.45, 2.75) is 53.4 Å². The van der Waals surface area contributed by atoms with E-state index in [1.54, 1.807) is 0 Å². The number of hydrogen-bond donors (Lipinski definition) is 2. The molecule has 0 aromatic rings. The van der Waals surface area contributed by atoms with Crippen LogP contribution in [0.1, 0.15) is 53.4 Å². The number of rotatable bonds is 9. The van der Waals surface area contributed by atoms with Gasteiger partial charge in [-0.2, -0.15) is 0 Å². The number of hydrogen-bond acceptors (Lipinski definition) is 6. The molecule has 0 aliphatic carbocycles. The highest BCUT2D eigenvalue weighted by atomic mass is 31.2. The lowest BCUT2D eigenvalue weighted by Crippen LogP contribution is -2.33. The molecule has 2 saturated heterocycles. The molecular formula is C16H34N2O6P2. The third-order valence-electron chi connectivity index (χ3n) is 4.22. The third kappa shape index (κ3) is 7.69. The quantitative estimate of drug-likeness (QED) is 0.432. The molecule has 0 aromatic carbocycles. The van der Waals surface area contributed by atoms with Gasteiger partial charge >= 0.3 is 15.5 Å². The second kappa shape index (κ2) is 9.15. The average Bonchev–Trinajstić information content (AvgIpc) is 2.57. The minimum absolute atomic E-state index is 0.0916. The zero-order valence-electron chi connectivity index (χ0n) is 16.4. The minimum atomic E-state index is -3.13. The maximum atomic E-state index is 12.3. The topological polar surface area (TPSA) is 95.1 Å². The van der Waals surface area contributed by atoms with Crippen LogP contribution in [0.25, 0.3) is 0 Å². The molecule has 0 atom stereocenters. The molecule has 0 aromatic heterocycles. The van der Waals surface area contributed by atoms with Gasteiger partial charge in [0.25, 0.3) is 0 Å². The van der Waals surface area contributed by atoms with Crippen molar-refractivity contribution in [1.29, 1.82) is 0 Å². The van der Waals surface area contributed by atoms with E-state index in [2.05, 4.69) is 10.2 Å². The summed E-state index contributed by atoms with van der Waals surface area (Å²) in [7, 11) is -6.25. The fourth-order valence-electron chi connectivity index (χ4n) is 2.41. The second-order valence-electron chi connectivity index (χ2n) is 8.65. The Kier molecular flexibility index (Phi) is 7.92. The SMILES string of the molecule is CC1(C)COP(=O)(NCCCCCCNP2(=O)OCC(C)(C)CO2)OC1. The molecule has 2 aliphatic rings. The van der Waals surface area contributed by atoms with Crippen LogP contribution in [-0.2, 0) is 27.2 Å². The van der Waals surface area contributed by atoms with Crippen molar-refractivity contribution < 1.29 is 27.2 Å². The van der Waals surface area contributed by atoms with Crippen LogP contribution in [0.5, 0.6) is 0 Å². The molecule has 0 unspecified atom stereocenters. The summed E-state index contributed by atoms with van der Waals surface area (Å²) in [6, 6.07) is 0. The van der Waals surface area contributed by atoms with E-state index in [1.165, 1.54) is 0 Å². The first-order chi connectivity index (χ1) is 12.0. The summed E-state index contributed by atoms with van der Waals surface area (Å²) in [5.74, 6) is 0. The van der Waals surface area contributed by atoms with Crippen LogP contribution in [-0.4, -0.2) is 39.5 Å². The molecular weight excluding hydrogens is 378 g/mol. The predicted molar refractivity (Wildman–Crippen MR) is 101 cm³/mol. The van der Waals surface area contributed by atoms with E-state index in [9.17, 15) is 9.13 Å². The first-order valence-corrected chi connectivity index (χ1v) is 12.4. The average molecular weight is 412 g/mol. The van der Waals surface area contributed by atoms with Crippen LogP contribution >= 0.6 is 15.5 Å². The van der Waals surface area contributed by atoms with Gasteiger partial charge in [0.05, 0.1) is 26.4 Å². The van der Waals surface area contributed by atoms with Crippen molar-refractivity contribution in [2.24, 2.45) is 10.8 Å². The molecule has 26 heavy (non-hydrogen) atoms. The van der Waals surface area contributed by atoms with E-state index in [-0.39, 0.29) is 10.8 Å². The minimum Gasteiger partial charge on any atom is -0.296 e. The Bertz CT molecular complexity index is 479. The fourth-order valence-corrected chi connectivity index (χ4v) is 5.87. The van der Waals surface area contributed by atoms with Gasteiger partial charge in [0.2, 0.25) is 0 Å². The Morgan fingerprint density at radius 3 is 1.27 bits per heavy atom. The summed E-state index contributed by atoms with van der Waals surface area (Å²) in [6.45, 7) is 11.0. The number of nitrogens with one attached hydrogen (secondary N) is 2. The lowest BCUT2D eigenvalue weighted by molar-refractivity contribution is 0.0368. The van der Waals surface area contributed by atoms with Gasteiger partial charge in [-0.05, 0) is 12.8 Å². The van der Waals surface area contributed by atoms with Crippen molar-refractivity contribution in [3.05, 3.63) is 0 Å². The number of unbranched alkanes of at least 4 members (excludes halogenated alkanes) is 3. The zero-order chi connectivity index (χ0) is 19.3. The summed E-state index contributed by atoms with van der Waals surface area (Å²) in [4.78, 5) is 0. The Morgan fingerprint density at radius 1 is 0.654 bits per heavy atom. The summed E-state index contributed by atoms with van der Waals surface area (Å²) in [6.07, 6.45) is 3.69. The summed E-state index contributed by atoms with van der Waals surface area (Å²) >= 11 is 0. The fraction of sp³-hybridized carbons (Fsp3) is 1.00. The van der Waals surface area contributed by atoms with Gasteiger partial charge < -0.3 is 0 Å². The standard InChI is InChI=1S/C16H34N2O6P2/c1-15(2)11-21-25(19,22-12-15)17-9-7-5-6-8-10-18-26(20)23-13-16(3,4)14-24-26/h5-14H2,1-4H3,(H,17,19)(H,18,20). The van der Waals surface area contributed by atoms with Crippen LogP contribution < -0.4 is 10.2 Å². The van der Waals surface area contributed by atoms with E-state index in [4.69, 9.17) is 18.1 Å². The third-order valence-corrected chi connectivity index (χ3v) is 7.31. The molecule has 154 valence electrons. The van der Waals surface area contributed by atoms with Crippen molar-refractivity contribution in [1.82, 2.24) is 10.2 Å². The molecule has 2 N–H and O–H groups in total. The molecule has 0 saturated carbocycles. The Hall–Kier alpha value is 0.220. The molecule has 8 nitrogen and oxygen atoms in total. The largest absolute Gasteiger partial charge is 0.405 e. The summed E-state index contributed by atoms with van der Waals surface area (Å²) in [5, 5.41) is 5.81. The summed E-state index contributed by atoms with van der Waals surface area (Å²) in [5.41, 5.74) is -0.183.